The summed E-state index contributed by atoms with van der Waals surface area (Å²) in [4.78, 5) is 42.0. The van der Waals surface area contributed by atoms with Gasteiger partial charge in [0.2, 0.25) is 10.0 Å². The number of aromatic hydroxyl groups is 1. The molecule has 2 N–H and O–H groups in total. The number of benzene rings is 5. The first-order valence-electron chi connectivity index (χ1n) is 16.5. The van der Waals surface area contributed by atoms with E-state index in [0.717, 1.165) is 5.69 Å². The molecule has 4 aromatic rings. The number of carboxylic acid groups (broad SMARTS) is 1. The van der Waals surface area contributed by atoms with E-state index in [-0.39, 0.29) is 70.3 Å². The van der Waals surface area contributed by atoms with Gasteiger partial charge in [0.15, 0.2) is 5.43 Å². The number of aromatic carboxylic acids is 1. The summed E-state index contributed by atoms with van der Waals surface area (Å²) in [6.45, 7) is 0.278. The van der Waals surface area contributed by atoms with Gasteiger partial charge in [-0.15, -0.1) is 0 Å². The molecule has 1 aliphatic carbocycles. The first-order chi connectivity index (χ1) is 25.4. The van der Waals surface area contributed by atoms with Crippen molar-refractivity contribution >= 4 is 49.9 Å². The number of rotatable bonds is 8. The fourth-order valence-corrected chi connectivity index (χ4v) is 7.72. The number of amides is 1. The summed E-state index contributed by atoms with van der Waals surface area (Å²) < 4.78 is 34.2. The zero-order valence-electron chi connectivity index (χ0n) is 28.6. The van der Waals surface area contributed by atoms with Crippen LogP contribution in [0.1, 0.15) is 20.7 Å². The van der Waals surface area contributed by atoms with Gasteiger partial charge in [-0.25, -0.2) is 13.2 Å². The van der Waals surface area contributed by atoms with Gasteiger partial charge in [0.05, 0.1) is 21.8 Å². The highest BCUT2D eigenvalue weighted by atomic mass is 32.2. The van der Waals surface area contributed by atoms with Crippen LogP contribution in [0.4, 0.5) is 17.1 Å². The zero-order valence-corrected chi connectivity index (χ0v) is 29.4. The zero-order chi connectivity index (χ0) is 37.4. The fourth-order valence-electron chi connectivity index (χ4n) is 6.30. The van der Waals surface area contributed by atoms with Crippen LogP contribution in [0.5, 0.6) is 5.75 Å². The lowest BCUT2D eigenvalue weighted by atomic mass is 9.89. The molecule has 4 aromatic carbocycles. The third-order valence-electron chi connectivity index (χ3n) is 9.09. The summed E-state index contributed by atoms with van der Waals surface area (Å²) >= 11 is 0. The number of hydrogen-bond donors (Lipinski definition) is 2. The minimum absolute atomic E-state index is 0.0440. The third-order valence-corrected chi connectivity index (χ3v) is 11.0. The van der Waals surface area contributed by atoms with E-state index in [9.17, 15) is 33.0 Å². The molecule has 53 heavy (non-hydrogen) atoms. The maximum absolute atomic E-state index is 13.7. The van der Waals surface area contributed by atoms with Gasteiger partial charge in [0.1, 0.15) is 17.1 Å². The molecule has 0 radical (unpaired) electrons. The molecule has 13 nitrogen and oxygen atoms in total. The third kappa shape index (κ3) is 6.97. The second kappa shape index (κ2) is 14.0. The number of phenolic OH excluding ortho intramolecular Hbond substituents is 1. The normalized spacial score (nSPS) is 13.9. The Morgan fingerprint density at radius 1 is 0.774 bits per heavy atom. The van der Waals surface area contributed by atoms with Crippen LogP contribution in [0.2, 0.25) is 0 Å². The van der Waals surface area contributed by atoms with Gasteiger partial charge in [0.25, 0.3) is 5.91 Å². The quantitative estimate of drug-likeness (QED) is 0.129. The molecule has 1 amide bonds. The summed E-state index contributed by atoms with van der Waals surface area (Å²) in [7, 11) is 0.0171. The van der Waals surface area contributed by atoms with E-state index in [1.807, 2.05) is 43.3 Å². The molecule has 0 spiro atoms. The number of nitrogens with zero attached hydrogens (tertiary/aromatic N) is 5. The highest BCUT2D eigenvalue weighted by molar-refractivity contribution is 7.89. The number of piperazine rings is 1. The first-order valence-corrected chi connectivity index (χ1v) is 18.0. The predicted molar refractivity (Wildman–Crippen MR) is 199 cm³/mol. The summed E-state index contributed by atoms with van der Waals surface area (Å²) in [5.74, 6) is -1.59. The van der Waals surface area contributed by atoms with Crippen LogP contribution in [0.25, 0.3) is 33.4 Å². The van der Waals surface area contributed by atoms with Crippen molar-refractivity contribution in [2.24, 2.45) is 10.2 Å². The van der Waals surface area contributed by atoms with E-state index in [1.165, 1.54) is 63.8 Å². The molecule has 2 heterocycles. The molecule has 0 unspecified atom stereocenters. The number of phenols is 1. The van der Waals surface area contributed by atoms with Crippen LogP contribution in [-0.2, 0) is 10.0 Å². The van der Waals surface area contributed by atoms with E-state index in [1.54, 1.807) is 24.3 Å². The van der Waals surface area contributed by atoms with Crippen molar-refractivity contribution < 1.29 is 32.6 Å². The largest absolute Gasteiger partial charge is 0.508 e. The van der Waals surface area contributed by atoms with Gasteiger partial charge in [-0.2, -0.15) is 14.5 Å². The molecule has 3 aliphatic rings. The van der Waals surface area contributed by atoms with E-state index < -0.39 is 21.9 Å². The molecule has 14 heteroatoms. The van der Waals surface area contributed by atoms with Crippen molar-refractivity contribution in [2.75, 3.05) is 45.2 Å². The highest BCUT2D eigenvalue weighted by Crippen LogP contribution is 2.42. The Balaban J connectivity index is 1.07. The topological polar surface area (TPSA) is 173 Å². The number of carbonyl (C=O) groups is 2. The van der Waals surface area contributed by atoms with Gasteiger partial charge >= 0.3 is 5.97 Å². The second-order valence-electron chi connectivity index (χ2n) is 12.7. The van der Waals surface area contributed by atoms with Crippen LogP contribution in [0, 0.1) is 0 Å². The Bertz CT molecular complexity index is 2540. The van der Waals surface area contributed by atoms with Crippen LogP contribution >= 0.6 is 0 Å². The summed E-state index contributed by atoms with van der Waals surface area (Å²) in [5.41, 5.74) is 3.29. The Morgan fingerprint density at radius 2 is 1.42 bits per heavy atom. The SMILES string of the molecule is CN(C)c1ccc(N=Nc2ccc(S(=O)(=O)N3CCN(C(=O)c4ccc(-c5c6ccc(=O)cc-6oc6cc(O)ccc56)c(C(=O)O)c4)CC3)cc2)cc1. The highest BCUT2D eigenvalue weighted by Gasteiger charge is 2.31. The number of sulfonamides is 1. The maximum atomic E-state index is 13.7. The van der Waals surface area contributed by atoms with E-state index in [4.69, 9.17) is 4.42 Å². The molecule has 2 aliphatic heterocycles. The maximum Gasteiger partial charge on any atom is 0.336 e. The smallest absolute Gasteiger partial charge is 0.336 e. The number of anilines is 1. The average Bonchev–Trinajstić information content (AvgIpc) is 3.16. The molecular weight excluding hydrogens is 699 g/mol. The minimum atomic E-state index is -3.87. The molecule has 1 fully saturated rings. The van der Waals surface area contributed by atoms with Crippen LogP contribution in [0.15, 0.2) is 127 Å². The number of carbonyl (C=O) groups excluding carboxylic acids is 1. The molecule has 268 valence electrons. The summed E-state index contributed by atoms with van der Waals surface area (Å²) in [5, 5.41) is 29.3. The van der Waals surface area contributed by atoms with Gasteiger partial charge in [-0.05, 0) is 90.5 Å². The minimum Gasteiger partial charge on any atom is -0.508 e. The molecule has 1 saturated heterocycles. The van der Waals surface area contributed by atoms with E-state index in [0.29, 0.717) is 27.9 Å². The predicted octanol–water partition coefficient (Wildman–Crippen LogP) is 6.60. The number of carboxylic acids is 1. The van der Waals surface area contributed by atoms with E-state index in [2.05, 4.69) is 10.2 Å². The van der Waals surface area contributed by atoms with E-state index >= 15 is 0 Å². The second-order valence-corrected chi connectivity index (χ2v) is 14.6. The molecule has 0 bridgehead atoms. The fraction of sp³-hybridized carbons (Fsp3) is 0.154. The molecule has 7 rings (SSSR count). The van der Waals surface area contributed by atoms with Crippen molar-refractivity contribution in [3.63, 3.8) is 0 Å². The Labute approximate surface area is 304 Å². The number of azo groups is 1. The van der Waals surface area contributed by atoms with Gasteiger partial charge in [-0.3, -0.25) is 9.59 Å². The van der Waals surface area contributed by atoms with Crippen molar-refractivity contribution in [1.29, 1.82) is 0 Å². The van der Waals surface area contributed by atoms with Crippen LogP contribution in [0.3, 0.4) is 0 Å². The molecule has 0 aromatic heterocycles. The molecule has 0 saturated carbocycles. The summed E-state index contributed by atoms with van der Waals surface area (Å²) in [6.07, 6.45) is 0. The Kier molecular flexibility index (Phi) is 9.24. The monoisotopic (exact) mass is 731 g/mol. The van der Waals surface area contributed by atoms with Crippen molar-refractivity contribution in [2.45, 2.75) is 4.90 Å². The average molecular weight is 732 g/mol. The lowest BCUT2D eigenvalue weighted by Gasteiger charge is -2.34. The first kappa shape index (κ1) is 35.0. The summed E-state index contributed by atoms with van der Waals surface area (Å²) in [6, 6.07) is 26.6. The van der Waals surface area contributed by atoms with Crippen molar-refractivity contribution in [3.05, 3.63) is 124 Å². The lowest BCUT2D eigenvalue weighted by molar-refractivity contribution is 0.0696. The Hall–Kier alpha value is -6.38. The van der Waals surface area contributed by atoms with Crippen molar-refractivity contribution in [1.82, 2.24) is 9.21 Å². The van der Waals surface area contributed by atoms with Crippen molar-refractivity contribution in [3.8, 4) is 28.2 Å². The van der Waals surface area contributed by atoms with Gasteiger partial charge < -0.3 is 24.4 Å². The molecular formula is C39H33N5O8S. The Morgan fingerprint density at radius 3 is 2.06 bits per heavy atom. The number of hydrogen-bond acceptors (Lipinski definition) is 10. The number of fused-ring (bicyclic) bond motifs is 2. The van der Waals surface area contributed by atoms with Gasteiger partial charge in [-0.1, -0.05) is 6.07 Å². The van der Waals surface area contributed by atoms with Crippen LogP contribution < -0.4 is 10.3 Å². The standard InChI is InChI=1S/C39H33N5O8S/c1-42(2)27-8-4-25(5-9-27)40-41-26-6-12-30(13-7-26)53(50,51)44-19-17-43(18-20-44)38(47)24-3-14-31(34(21-24)39(48)49)37-32-15-10-28(45)22-35(32)52-36-23-29(46)11-16-33(36)37/h3-16,21-23,45H,17-20H2,1-2H3,(H,48,49). The van der Waals surface area contributed by atoms with Crippen LogP contribution in [-0.4, -0.2) is 80.0 Å². The molecule has 0 atom stereocenters. The van der Waals surface area contributed by atoms with Gasteiger partial charge in [0, 0.05) is 80.2 Å². The lowest BCUT2D eigenvalue weighted by Crippen LogP contribution is -2.50.